The molecule has 6 atom stereocenters. The fraction of sp³-hybridized carbons (Fsp3) is 1.00. The van der Waals surface area contributed by atoms with E-state index in [4.69, 9.17) is 5.73 Å². The van der Waals surface area contributed by atoms with Crippen LogP contribution in [0.4, 0.5) is 0 Å². The Bertz CT molecular complexity index is 303. The second kappa shape index (κ2) is 5.04. The van der Waals surface area contributed by atoms with E-state index < -0.39 is 0 Å². The van der Waals surface area contributed by atoms with Crippen molar-refractivity contribution in [1.82, 2.24) is 4.90 Å². The van der Waals surface area contributed by atoms with Gasteiger partial charge in [0.2, 0.25) is 0 Å². The van der Waals surface area contributed by atoms with Crippen LogP contribution in [0.15, 0.2) is 0 Å². The Morgan fingerprint density at radius 3 is 1.84 bits per heavy atom. The van der Waals surface area contributed by atoms with Gasteiger partial charge in [-0.05, 0) is 56.8 Å². The fourth-order valence-corrected chi connectivity index (χ4v) is 6.00. The molecule has 2 aliphatic carbocycles. The number of rotatable bonds is 1. The third kappa shape index (κ3) is 2.35. The molecule has 108 valence electrons. The molecule has 4 aliphatic rings. The maximum atomic E-state index is 6.28. The third-order valence-corrected chi connectivity index (χ3v) is 6.59. The van der Waals surface area contributed by atoms with Gasteiger partial charge in [0.05, 0.1) is 0 Å². The van der Waals surface area contributed by atoms with Gasteiger partial charge in [0, 0.05) is 24.2 Å². The Balaban J connectivity index is 1.51. The van der Waals surface area contributed by atoms with Gasteiger partial charge in [-0.25, -0.2) is 0 Å². The maximum absolute atomic E-state index is 6.28. The van der Waals surface area contributed by atoms with Crippen LogP contribution in [0.25, 0.3) is 0 Å². The summed E-state index contributed by atoms with van der Waals surface area (Å²) in [6.45, 7) is 0. The lowest BCUT2D eigenvalue weighted by Crippen LogP contribution is -2.60. The van der Waals surface area contributed by atoms with Crippen molar-refractivity contribution in [1.29, 1.82) is 0 Å². The second-order valence-electron chi connectivity index (χ2n) is 7.94. The third-order valence-electron chi connectivity index (χ3n) is 6.59. The highest BCUT2D eigenvalue weighted by molar-refractivity contribution is 4.99. The number of piperidine rings is 2. The Labute approximate surface area is 118 Å². The van der Waals surface area contributed by atoms with E-state index in [0.29, 0.717) is 6.04 Å². The topological polar surface area (TPSA) is 29.3 Å². The van der Waals surface area contributed by atoms with Crippen LogP contribution in [0.5, 0.6) is 0 Å². The van der Waals surface area contributed by atoms with E-state index in [-0.39, 0.29) is 0 Å². The largest absolute Gasteiger partial charge is 0.328 e. The number of nitrogens with zero attached hydrogens (tertiary/aromatic N) is 1. The van der Waals surface area contributed by atoms with Gasteiger partial charge in [-0.15, -0.1) is 0 Å². The van der Waals surface area contributed by atoms with E-state index >= 15 is 0 Å². The molecular weight excluding hydrogens is 232 g/mol. The van der Waals surface area contributed by atoms with Crippen LogP contribution in [0, 0.1) is 11.8 Å². The van der Waals surface area contributed by atoms with Crippen molar-refractivity contribution >= 4 is 0 Å². The van der Waals surface area contributed by atoms with E-state index in [9.17, 15) is 0 Å². The molecule has 2 heterocycles. The molecule has 2 N–H and O–H groups in total. The molecule has 19 heavy (non-hydrogen) atoms. The molecule has 0 aromatic rings. The predicted molar refractivity (Wildman–Crippen MR) is 78.9 cm³/mol. The molecule has 2 unspecified atom stereocenters. The summed E-state index contributed by atoms with van der Waals surface area (Å²) in [5.74, 6) is 2.13. The van der Waals surface area contributed by atoms with Crippen LogP contribution in [-0.2, 0) is 0 Å². The maximum Gasteiger partial charge on any atom is 0.0116 e. The summed E-state index contributed by atoms with van der Waals surface area (Å²) < 4.78 is 0. The van der Waals surface area contributed by atoms with Gasteiger partial charge < -0.3 is 5.73 Å². The highest BCUT2D eigenvalue weighted by atomic mass is 15.2. The van der Waals surface area contributed by atoms with Crippen LogP contribution >= 0.6 is 0 Å². The first-order valence-electron chi connectivity index (χ1n) is 8.82. The summed E-state index contributed by atoms with van der Waals surface area (Å²) in [4.78, 5) is 2.98. The van der Waals surface area contributed by atoms with Crippen LogP contribution < -0.4 is 5.73 Å². The standard InChI is InChI=1S/C17H30N2/c18-14-10-15-5-2-6-16(11-14)19(15)17-8-12-3-1-4-13(7-12)9-17/h12-17H,1-11,18H2/t12-,13+,14?,15-,16+,17?. The zero-order chi connectivity index (χ0) is 12.8. The van der Waals surface area contributed by atoms with Crippen molar-refractivity contribution in [3.8, 4) is 0 Å². The zero-order valence-corrected chi connectivity index (χ0v) is 12.3. The molecule has 4 rings (SSSR count). The van der Waals surface area contributed by atoms with Gasteiger partial charge in [0.1, 0.15) is 0 Å². The minimum Gasteiger partial charge on any atom is -0.328 e. The monoisotopic (exact) mass is 262 g/mol. The Hall–Kier alpha value is -0.0800. The Kier molecular flexibility index (Phi) is 3.35. The normalized spacial score (nSPS) is 51.0. The lowest BCUT2D eigenvalue weighted by molar-refractivity contribution is -0.0401. The van der Waals surface area contributed by atoms with Crippen molar-refractivity contribution in [2.75, 3.05) is 0 Å². The molecule has 0 aromatic heterocycles. The molecule has 2 nitrogen and oxygen atoms in total. The molecule has 0 aromatic carbocycles. The van der Waals surface area contributed by atoms with E-state index in [1.165, 1.54) is 64.2 Å². The van der Waals surface area contributed by atoms with Crippen molar-refractivity contribution in [3.63, 3.8) is 0 Å². The van der Waals surface area contributed by atoms with E-state index in [1.54, 1.807) is 6.42 Å². The van der Waals surface area contributed by atoms with Crippen LogP contribution in [0.2, 0.25) is 0 Å². The Morgan fingerprint density at radius 2 is 1.21 bits per heavy atom. The lowest BCUT2D eigenvalue weighted by atomic mass is 9.68. The Morgan fingerprint density at radius 1 is 0.632 bits per heavy atom. The average Bonchev–Trinajstić information content (AvgIpc) is 2.37. The van der Waals surface area contributed by atoms with Crippen LogP contribution in [0.3, 0.4) is 0 Å². The van der Waals surface area contributed by atoms with E-state index in [2.05, 4.69) is 4.90 Å². The van der Waals surface area contributed by atoms with Gasteiger partial charge in [-0.2, -0.15) is 0 Å². The number of nitrogens with two attached hydrogens (primary N) is 1. The first kappa shape index (κ1) is 12.6. The van der Waals surface area contributed by atoms with Gasteiger partial charge in [0.15, 0.2) is 0 Å². The molecule has 2 saturated carbocycles. The summed E-state index contributed by atoms with van der Waals surface area (Å²) in [5, 5.41) is 0. The minimum absolute atomic E-state index is 0.495. The van der Waals surface area contributed by atoms with E-state index in [0.717, 1.165) is 30.0 Å². The molecule has 4 fully saturated rings. The minimum atomic E-state index is 0.495. The summed E-state index contributed by atoms with van der Waals surface area (Å²) in [6, 6.07) is 3.10. The smallest absolute Gasteiger partial charge is 0.0116 e. The molecule has 0 spiro atoms. The quantitative estimate of drug-likeness (QED) is 0.785. The highest BCUT2D eigenvalue weighted by Gasteiger charge is 2.43. The van der Waals surface area contributed by atoms with Gasteiger partial charge in [-0.1, -0.05) is 25.7 Å². The zero-order valence-electron chi connectivity index (χ0n) is 12.3. The summed E-state index contributed by atoms with van der Waals surface area (Å²) in [6.07, 6.45) is 16.0. The van der Waals surface area contributed by atoms with Gasteiger partial charge in [-0.3, -0.25) is 4.90 Å². The molecule has 2 heteroatoms. The molecule has 2 aliphatic heterocycles. The number of hydrogen-bond donors (Lipinski definition) is 1. The number of hydrogen-bond acceptors (Lipinski definition) is 2. The molecule has 4 bridgehead atoms. The SMILES string of the molecule is NC1C[C@H]2CCC[C@@H](C1)N2C1C[C@H]2CCC[C@@H](C1)C2. The fourth-order valence-electron chi connectivity index (χ4n) is 6.00. The number of fused-ring (bicyclic) bond motifs is 4. The van der Waals surface area contributed by atoms with Crippen molar-refractivity contribution in [3.05, 3.63) is 0 Å². The lowest BCUT2D eigenvalue weighted by Gasteiger charge is -2.55. The van der Waals surface area contributed by atoms with Crippen molar-refractivity contribution in [2.45, 2.75) is 94.8 Å². The summed E-state index contributed by atoms with van der Waals surface area (Å²) >= 11 is 0. The van der Waals surface area contributed by atoms with Gasteiger partial charge in [0.25, 0.3) is 0 Å². The summed E-state index contributed by atoms with van der Waals surface area (Å²) in [7, 11) is 0. The van der Waals surface area contributed by atoms with Crippen molar-refractivity contribution < 1.29 is 0 Å². The molecular formula is C17H30N2. The molecule has 0 amide bonds. The molecule has 0 radical (unpaired) electrons. The first-order valence-corrected chi connectivity index (χ1v) is 8.82. The second-order valence-corrected chi connectivity index (χ2v) is 7.94. The predicted octanol–water partition coefficient (Wildman–Crippen LogP) is 3.30. The highest BCUT2D eigenvalue weighted by Crippen LogP contribution is 2.45. The van der Waals surface area contributed by atoms with Crippen LogP contribution in [-0.4, -0.2) is 29.1 Å². The van der Waals surface area contributed by atoms with Crippen LogP contribution in [0.1, 0.15) is 70.6 Å². The summed E-state index contributed by atoms with van der Waals surface area (Å²) in [5.41, 5.74) is 6.28. The van der Waals surface area contributed by atoms with Gasteiger partial charge >= 0.3 is 0 Å². The first-order chi connectivity index (χ1) is 9.29. The van der Waals surface area contributed by atoms with E-state index in [1.807, 2.05) is 0 Å². The average molecular weight is 262 g/mol. The molecule has 2 saturated heterocycles. The van der Waals surface area contributed by atoms with Crippen molar-refractivity contribution in [2.24, 2.45) is 17.6 Å².